The first kappa shape index (κ1) is 16.2. The van der Waals surface area contributed by atoms with Gasteiger partial charge in [0, 0.05) is 38.3 Å². The first-order valence-electron chi connectivity index (χ1n) is 7.66. The van der Waals surface area contributed by atoms with Gasteiger partial charge in [0.15, 0.2) is 0 Å². The Morgan fingerprint density at radius 2 is 1.86 bits per heavy atom. The van der Waals surface area contributed by atoms with Crippen molar-refractivity contribution in [3.05, 3.63) is 29.8 Å². The molecular formula is C16H25N3OS. The third-order valence-corrected chi connectivity index (χ3v) is 4.04. The van der Waals surface area contributed by atoms with E-state index in [2.05, 4.69) is 16.7 Å². The maximum atomic E-state index is 5.80. The van der Waals surface area contributed by atoms with Crippen LogP contribution in [0.4, 0.5) is 0 Å². The van der Waals surface area contributed by atoms with Crippen molar-refractivity contribution in [1.29, 1.82) is 0 Å². The molecule has 1 saturated heterocycles. The van der Waals surface area contributed by atoms with E-state index in [9.17, 15) is 0 Å². The van der Waals surface area contributed by atoms with E-state index in [0.717, 1.165) is 30.9 Å². The average molecular weight is 307 g/mol. The van der Waals surface area contributed by atoms with E-state index in [0.29, 0.717) is 11.6 Å². The summed E-state index contributed by atoms with van der Waals surface area (Å²) >= 11 is 4.98. The van der Waals surface area contributed by atoms with Crippen LogP contribution in [0.15, 0.2) is 24.3 Å². The number of benzene rings is 1. The van der Waals surface area contributed by atoms with Gasteiger partial charge in [0.1, 0.15) is 17.3 Å². The number of piperazine rings is 1. The SMILES string of the molecule is CCCN1CCN(CCOc2cccc(C(N)=S)c2)CC1. The van der Waals surface area contributed by atoms with Crippen molar-refractivity contribution in [1.82, 2.24) is 9.80 Å². The van der Waals surface area contributed by atoms with E-state index in [-0.39, 0.29) is 0 Å². The predicted octanol–water partition coefficient (Wildman–Crippen LogP) is 1.73. The van der Waals surface area contributed by atoms with Crippen LogP contribution in [-0.2, 0) is 0 Å². The molecule has 0 radical (unpaired) electrons. The third-order valence-electron chi connectivity index (χ3n) is 3.80. The van der Waals surface area contributed by atoms with Crippen LogP contribution in [-0.4, -0.2) is 60.7 Å². The summed E-state index contributed by atoms with van der Waals surface area (Å²) in [7, 11) is 0. The second-order valence-corrected chi connectivity index (χ2v) is 5.86. The highest BCUT2D eigenvalue weighted by molar-refractivity contribution is 7.80. The number of nitrogens with two attached hydrogens (primary N) is 1. The van der Waals surface area contributed by atoms with Gasteiger partial charge in [-0.3, -0.25) is 4.90 Å². The van der Waals surface area contributed by atoms with E-state index in [1.165, 1.54) is 26.1 Å². The average Bonchev–Trinajstić information content (AvgIpc) is 2.50. The zero-order valence-electron chi connectivity index (χ0n) is 12.8. The molecule has 0 amide bonds. The van der Waals surface area contributed by atoms with Crippen molar-refractivity contribution in [3.63, 3.8) is 0 Å². The van der Waals surface area contributed by atoms with Gasteiger partial charge < -0.3 is 15.4 Å². The number of ether oxygens (including phenoxy) is 1. The van der Waals surface area contributed by atoms with Crippen LogP contribution in [0.25, 0.3) is 0 Å². The molecule has 0 saturated carbocycles. The summed E-state index contributed by atoms with van der Waals surface area (Å²) in [5, 5.41) is 0. The lowest BCUT2D eigenvalue weighted by Gasteiger charge is -2.34. The molecule has 2 rings (SSSR count). The first-order chi connectivity index (χ1) is 10.2. The summed E-state index contributed by atoms with van der Waals surface area (Å²) in [6, 6.07) is 7.68. The molecule has 1 aromatic rings. The molecule has 0 aliphatic carbocycles. The van der Waals surface area contributed by atoms with Gasteiger partial charge in [-0.05, 0) is 25.1 Å². The molecule has 1 fully saturated rings. The Labute approximate surface area is 132 Å². The fourth-order valence-corrected chi connectivity index (χ4v) is 2.71. The lowest BCUT2D eigenvalue weighted by molar-refractivity contribution is 0.117. The molecule has 116 valence electrons. The summed E-state index contributed by atoms with van der Waals surface area (Å²) < 4.78 is 5.80. The fourth-order valence-electron chi connectivity index (χ4n) is 2.58. The van der Waals surface area contributed by atoms with Crippen LogP contribution in [0, 0.1) is 0 Å². The van der Waals surface area contributed by atoms with Gasteiger partial charge >= 0.3 is 0 Å². The van der Waals surface area contributed by atoms with Gasteiger partial charge in [0.25, 0.3) is 0 Å². The number of thiocarbonyl (C=S) groups is 1. The smallest absolute Gasteiger partial charge is 0.120 e. The van der Waals surface area contributed by atoms with E-state index in [1.54, 1.807) is 0 Å². The molecule has 1 aliphatic rings. The highest BCUT2D eigenvalue weighted by Crippen LogP contribution is 2.13. The maximum absolute atomic E-state index is 5.80. The largest absolute Gasteiger partial charge is 0.492 e. The number of nitrogens with zero attached hydrogens (tertiary/aromatic N) is 2. The quantitative estimate of drug-likeness (QED) is 0.777. The minimum atomic E-state index is 0.410. The Morgan fingerprint density at radius 3 is 2.48 bits per heavy atom. The van der Waals surface area contributed by atoms with Crippen molar-refractivity contribution >= 4 is 17.2 Å². The Morgan fingerprint density at radius 1 is 1.19 bits per heavy atom. The molecular weight excluding hydrogens is 282 g/mol. The molecule has 2 N–H and O–H groups in total. The number of rotatable bonds is 7. The minimum absolute atomic E-state index is 0.410. The van der Waals surface area contributed by atoms with Gasteiger partial charge in [-0.1, -0.05) is 31.3 Å². The van der Waals surface area contributed by atoms with Crippen molar-refractivity contribution in [3.8, 4) is 5.75 Å². The lowest BCUT2D eigenvalue weighted by atomic mass is 10.2. The molecule has 21 heavy (non-hydrogen) atoms. The zero-order valence-corrected chi connectivity index (χ0v) is 13.6. The van der Waals surface area contributed by atoms with Crippen molar-refractivity contribution in [2.24, 2.45) is 5.73 Å². The van der Waals surface area contributed by atoms with Crippen LogP contribution in [0.1, 0.15) is 18.9 Å². The minimum Gasteiger partial charge on any atom is -0.492 e. The maximum Gasteiger partial charge on any atom is 0.120 e. The Hall–Kier alpha value is -1.17. The van der Waals surface area contributed by atoms with Gasteiger partial charge in [0.2, 0.25) is 0 Å². The van der Waals surface area contributed by atoms with Crippen LogP contribution < -0.4 is 10.5 Å². The fraction of sp³-hybridized carbons (Fsp3) is 0.562. The Balaban J connectivity index is 1.70. The van der Waals surface area contributed by atoms with E-state index < -0.39 is 0 Å². The predicted molar refractivity (Wildman–Crippen MR) is 91.0 cm³/mol. The molecule has 0 unspecified atom stereocenters. The zero-order chi connectivity index (χ0) is 15.1. The van der Waals surface area contributed by atoms with Gasteiger partial charge in [-0.25, -0.2) is 0 Å². The molecule has 1 heterocycles. The summed E-state index contributed by atoms with van der Waals surface area (Å²) in [4.78, 5) is 5.40. The van der Waals surface area contributed by atoms with Crippen molar-refractivity contribution in [2.45, 2.75) is 13.3 Å². The van der Waals surface area contributed by atoms with Crippen LogP contribution in [0.3, 0.4) is 0 Å². The summed E-state index contributed by atoms with van der Waals surface area (Å²) in [5.41, 5.74) is 6.49. The highest BCUT2D eigenvalue weighted by Gasteiger charge is 2.15. The Bertz CT molecular complexity index is 459. The molecule has 4 nitrogen and oxygen atoms in total. The first-order valence-corrected chi connectivity index (χ1v) is 8.07. The van der Waals surface area contributed by atoms with E-state index >= 15 is 0 Å². The monoisotopic (exact) mass is 307 g/mol. The van der Waals surface area contributed by atoms with Crippen LogP contribution in [0.5, 0.6) is 5.75 Å². The van der Waals surface area contributed by atoms with E-state index in [4.69, 9.17) is 22.7 Å². The molecule has 0 aromatic heterocycles. The molecule has 5 heteroatoms. The lowest BCUT2D eigenvalue weighted by Crippen LogP contribution is -2.47. The topological polar surface area (TPSA) is 41.7 Å². The third kappa shape index (κ3) is 5.26. The van der Waals surface area contributed by atoms with Gasteiger partial charge in [-0.2, -0.15) is 0 Å². The normalized spacial score (nSPS) is 16.8. The molecule has 0 spiro atoms. The van der Waals surface area contributed by atoms with Gasteiger partial charge in [0.05, 0.1) is 0 Å². The van der Waals surface area contributed by atoms with Gasteiger partial charge in [-0.15, -0.1) is 0 Å². The molecule has 0 atom stereocenters. The Kier molecular flexibility index (Phi) is 6.42. The van der Waals surface area contributed by atoms with Crippen LogP contribution in [0.2, 0.25) is 0 Å². The number of hydrogen-bond acceptors (Lipinski definition) is 4. The second-order valence-electron chi connectivity index (χ2n) is 5.42. The van der Waals surface area contributed by atoms with Crippen molar-refractivity contribution < 1.29 is 4.74 Å². The second kappa shape index (κ2) is 8.32. The standard InChI is InChI=1S/C16H25N3OS/c1-2-6-18-7-9-19(10-8-18)11-12-20-15-5-3-4-14(13-15)16(17)21/h3-5,13H,2,6-12H2,1H3,(H2,17,21). The molecule has 1 aliphatic heterocycles. The summed E-state index contributed by atoms with van der Waals surface area (Å²) in [6.45, 7) is 9.74. The summed E-state index contributed by atoms with van der Waals surface area (Å²) in [5.74, 6) is 0.838. The number of hydrogen-bond donors (Lipinski definition) is 1. The summed E-state index contributed by atoms with van der Waals surface area (Å²) in [6.07, 6.45) is 1.24. The van der Waals surface area contributed by atoms with Crippen molar-refractivity contribution in [2.75, 3.05) is 45.9 Å². The molecule has 1 aromatic carbocycles. The highest BCUT2D eigenvalue weighted by atomic mass is 32.1. The molecule has 0 bridgehead atoms. The van der Waals surface area contributed by atoms with Crippen LogP contribution >= 0.6 is 12.2 Å². The van der Waals surface area contributed by atoms with E-state index in [1.807, 2.05) is 24.3 Å².